The number of anilines is 1. The van der Waals surface area contributed by atoms with Gasteiger partial charge in [-0.2, -0.15) is 0 Å². The minimum atomic E-state index is -0.0169. The number of ether oxygens (including phenoxy) is 3. The van der Waals surface area contributed by atoms with Gasteiger partial charge in [0.05, 0.1) is 19.9 Å². The highest BCUT2D eigenvalue weighted by Gasteiger charge is 2.23. The van der Waals surface area contributed by atoms with Crippen molar-refractivity contribution in [1.82, 2.24) is 4.90 Å². The Hall–Kier alpha value is -2.89. The van der Waals surface area contributed by atoms with Gasteiger partial charge in [-0.25, -0.2) is 0 Å². The third-order valence-corrected chi connectivity index (χ3v) is 4.73. The molecule has 27 heavy (non-hydrogen) atoms. The van der Waals surface area contributed by atoms with E-state index in [4.69, 9.17) is 14.2 Å². The molecule has 0 bridgehead atoms. The summed E-state index contributed by atoms with van der Waals surface area (Å²) < 4.78 is 16.4. The van der Waals surface area contributed by atoms with Gasteiger partial charge in [-0.05, 0) is 36.8 Å². The average Bonchev–Trinajstić information content (AvgIpc) is 2.72. The zero-order valence-corrected chi connectivity index (χ0v) is 16.1. The first-order valence-corrected chi connectivity index (χ1v) is 9.05. The first-order valence-electron chi connectivity index (χ1n) is 9.05. The largest absolute Gasteiger partial charge is 0.495 e. The van der Waals surface area contributed by atoms with E-state index in [1.807, 2.05) is 35.2 Å². The molecule has 1 fully saturated rings. The van der Waals surface area contributed by atoms with Crippen molar-refractivity contribution < 1.29 is 19.0 Å². The summed E-state index contributed by atoms with van der Waals surface area (Å²) >= 11 is 0. The zero-order valence-electron chi connectivity index (χ0n) is 16.1. The van der Waals surface area contributed by atoms with E-state index >= 15 is 0 Å². The molecule has 0 atom stereocenters. The maximum Gasteiger partial charge on any atom is 0.260 e. The van der Waals surface area contributed by atoms with E-state index in [1.165, 1.54) is 5.56 Å². The van der Waals surface area contributed by atoms with Crippen LogP contribution in [-0.2, 0) is 4.79 Å². The number of carbonyl (C=O) groups is 1. The normalized spacial score (nSPS) is 14.0. The Morgan fingerprint density at radius 3 is 2.26 bits per heavy atom. The Bertz CT molecular complexity index is 786. The standard InChI is InChI=1S/C21H26N2O4/c1-16-8-9-18(25-2)17(14-16)22-10-12-23(13-11-22)21(24)15-27-20-7-5-4-6-19(20)26-3/h4-9,14H,10-13,15H2,1-3H3. The van der Waals surface area contributed by atoms with Crippen LogP contribution in [0.5, 0.6) is 17.2 Å². The molecule has 0 aliphatic carbocycles. The second-order valence-electron chi connectivity index (χ2n) is 6.48. The van der Waals surface area contributed by atoms with E-state index in [0.717, 1.165) is 24.5 Å². The van der Waals surface area contributed by atoms with Gasteiger partial charge in [-0.3, -0.25) is 4.79 Å². The predicted molar refractivity (Wildman–Crippen MR) is 105 cm³/mol. The lowest BCUT2D eigenvalue weighted by atomic mass is 10.1. The first kappa shape index (κ1) is 18.9. The molecule has 0 radical (unpaired) electrons. The number of carbonyl (C=O) groups excluding carboxylic acids is 1. The number of piperazine rings is 1. The first-order chi connectivity index (χ1) is 13.1. The topological polar surface area (TPSA) is 51.2 Å². The minimum Gasteiger partial charge on any atom is -0.495 e. The molecule has 0 aromatic heterocycles. The molecular weight excluding hydrogens is 344 g/mol. The van der Waals surface area contributed by atoms with Crippen molar-refractivity contribution in [3.8, 4) is 17.2 Å². The third-order valence-electron chi connectivity index (χ3n) is 4.73. The van der Waals surface area contributed by atoms with Gasteiger partial charge in [0.1, 0.15) is 5.75 Å². The van der Waals surface area contributed by atoms with Crippen molar-refractivity contribution in [3.05, 3.63) is 48.0 Å². The van der Waals surface area contributed by atoms with Crippen molar-refractivity contribution in [2.75, 3.05) is 51.9 Å². The average molecular weight is 370 g/mol. The number of methoxy groups -OCH3 is 2. The number of amides is 1. The highest BCUT2D eigenvalue weighted by molar-refractivity contribution is 5.78. The molecular formula is C21H26N2O4. The van der Waals surface area contributed by atoms with E-state index < -0.39 is 0 Å². The van der Waals surface area contributed by atoms with Crippen LogP contribution in [0.3, 0.4) is 0 Å². The van der Waals surface area contributed by atoms with Gasteiger partial charge in [0.25, 0.3) is 5.91 Å². The Labute approximate surface area is 160 Å². The molecule has 1 aliphatic heterocycles. The van der Waals surface area contributed by atoms with E-state index in [0.29, 0.717) is 24.6 Å². The number of aryl methyl sites for hydroxylation is 1. The highest BCUT2D eigenvalue weighted by Crippen LogP contribution is 2.30. The van der Waals surface area contributed by atoms with E-state index in [2.05, 4.69) is 17.9 Å². The second-order valence-corrected chi connectivity index (χ2v) is 6.48. The molecule has 0 unspecified atom stereocenters. The molecule has 144 valence electrons. The Morgan fingerprint density at radius 1 is 0.926 bits per heavy atom. The molecule has 0 N–H and O–H groups in total. The molecule has 1 saturated heterocycles. The summed E-state index contributed by atoms with van der Waals surface area (Å²) in [6.07, 6.45) is 0. The van der Waals surface area contributed by atoms with Crippen molar-refractivity contribution in [2.45, 2.75) is 6.92 Å². The third kappa shape index (κ3) is 4.45. The molecule has 0 spiro atoms. The molecule has 6 nitrogen and oxygen atoms in total. The van der Waals surface area contributed by atoms with Crippen LogP contribution in [0.15, 0.2) is 42.5 Å². The van der Waals surface area contributed by atoms with E-state index in [9.17, 15) is 4.79 Å². The van der Waals surface area contributed by atoms with Crippen LogP contribution >= 0.6 is 0 Å². The van der Waals surface area contributed by atoms with Crippen molar-refractivity contribution in [1.29, 1.82) is 0 Å². The fourth-order valence-electron chi connectivity index (χ4n) is 3.21. The van der Waals surface area contributed by atoms with Crippen LogP contribution in [0, 0.1) is 6.92 Å². The van der Waals surface area contributed by atoms with Crippen molar-refractivity contribution in [2.24, 2.45) is 0 Å². The fourth-order valence-corrected chi connectivity index (χ4v) is 3.21. The number of hydrogen-bond donors (Lipinski definition) is 0. The number of rotatable bonds is 6. The lowest BCUT2D eigenvalue weighted by Crippen LogP contribution is -2.50. The molecule has 1 amide bonds. The summed E-state index contributed by atoms with van der Waals surface area (Å²) in [5.74, 6) is 2.05. The van der Waals surface area contributed by atoms with Gasteiger partial charge in [0, 0.05) is 26.2 Å². The van der Waals surface area contributed by atoms with Gasteiger partial charge < -0.3 is 24.0 Å². The van der Waals surface area contributed by atoms with Crippen LogP contribution < -0.4 is 19.1 Å². The quantitative estimate of drug-likeness (QED) is 0.783. The molecule has 1 aliphatic rings. The van der Waals surface area contributed by atoms with Gasteiger partial charge in [0.15, 0.2) is 18.1 Å². The summed E-state index contributed by atoms with van der Waals surface area (Å²) in [5.41, 5.74) is 2.27. The van der Waals surface area contributed by atoms with Gasteiger partial charge in [0.2, 0.25) is 0 Å². The smallest absolute Gasteiger partial charge is 0.260 e. The van der Waals surface area contributed by atoms with Gasteiger partial charge in [-0.1, -0.05) is 18.2 Å². The lowest BCUT2D eigenvalue weighted by Gasteiger charge is -2.36. The Kier molecular flexibility index (Phi) is 6.06. The monoisotopic (exact) mass is 370 g/mol. The molecule has 2 aromatic carbocycles. The van der Waals surface area contributed by atoms with Crippen LogP contribution in [0.1, 0.15) is 5.56 Å². The van der Waals surface area contributed by atoms with Crippen LogP contribution in [0.4, 0.5) is 5.69 Å². The summed E-state index contributed by atoms with van der Waals surface area (Å²) in [6.45, 7) is 4.92. The number of nitrogens with zero attached hydrogens (tertiary/aromatic N) is 2. The van der Waals surface area contributed by atoms with Gasteiger partial charge in [-0.15, -0.1) is 0 Å². The van der Waals surface area contributed by atoms with Crippen molar-refractivity contribution >= 4 is 11.6 Å². The lowest BCUT2D eigenvalue weighted by molar-refractivity contribution is -0.133. The van der Waals surface area contributed by atoms with Gasteiger partial charge >= 0.3 is 0 Å². The van der Waals surface area contributed by atoms with Crippen LogP contribution in [-0.4, -0.2) is 57.8 Å². The summed E-state index contributed by atoms with van der Waals surface area (Å²) in [4.78, 5) is 16.6. The fraction of sp³-hybridized carbons (Fsp3) is 0.381. The molecule has 3 rings (SSSR count). The minimum absolute atomic E-state index is 0.00807. The van der Waals surface area contributed by atoms with E-state index in [-0.39, 0.29) is 12.5 Å². The highest BCUT2D eigenvalue weighted by atomic mass is 16.5. The summed E-state index contributed by atoms with van der Waals surface area (Å²) in [5, 5.41) is 0. The Morgan fingerprint density at radius 2 is 1.59 bits per heavy atom. The number of para-hydroxylation sites is 2. The summed E-state index contributed by atoms with van der Waals surface area (Å²) in [6, 6.07) is 13.5. The number of hydrogen-bond acceptors (Lipinski definition) is 5. The maximum absolute atomic E-state index is 12.5. The van der Waals surface area contributed by atoms with Crippen LogP contribution in [0.25, 0.3) is 0 Å². The summed E-state index contributed by atoms with van der Waals surface area (Å²) in [7, 11) is 3.27. The predicted octanol–water partition coefficient (Wildman–Crippen LogP) is 2.74. The molecule has 6 heteroatoms. The Balaban J connectivity index is 1.56. The molecule has 0 saturated carbocycles. The second kappa shape index (κ2) is 8.66. The maximum atomic E-state index is 12.5. The molecule has 1 heterocycles. The SMILES string of the molecule is COc1ccccc1OCC(=O)N1CCN(c2cc(C)ccc2OC)CC1. The van der Waals surface area contributed by atoms with E-state index in [1.54, 1.807) is 20.3 Å². The molecule has 2 aromatic rings. The zero-order chi connectivity index (χ0) is 19.2. The van der Waals surface area contributed by atoms with Crippen LogP contribution in [0.2, 0.25) is 0 Å². The number of benzene rings is 2. The van der Waals surface area contributed by atoms with Crippen molar-refractivity contribution in [3.63, 3.8) is 0 Å².